The molecule has 0 spiro atoms. The van der Waals surface area contributed by atoms with Gasteiger partial charge in [0, 0.05) is 13.6 Å². The summed E-state index contributed by atoms with van der Waals surface area (Å²) in [6.07, 6.45) is -0.183. The van der Waals surface area contributed by atoms with Crippen LogP contribution in [0.1, 0.15) is 6.42 Å². The van der Waals surface area contributed by atoms with Gasteiger partial charge in [0.25, 0.3) is 0 Å². The lowest BCUT2D eigenvalue weighted by atomic mass is 10.1. The molecule has 1 unspecified atom stereocenters. The molecule has 1 rings (SSSR count). The van der Waals surface area contributed by atoms with Gasteiger partial charge in [0.05, 0.1) is 32.8 Å². The number of morpholine rings is 1. The van der Waals surface area contributed by atoms with Crippen LogP contribution in [0, 0.1) is 0 Å². The number of nitrogens with zero attached hydrogens (tertiary/aromatic N) is 2. The minimum atomic E-state index is -0.996. The Balaban J connectivity index is 2.65. The van der Waals surface area contributed by atoms with E-state index in [0.717, 1.165) is 0 Å². The standard InChI is InChI=1S/C11H18N2O6/c1-12(6-10(16)18-2)11(17)13-3-4-19-7-8(13)5-9(14)15/h8H,3-7H2,1-2H3,(H,14,15). The van der Waals surface area contributed by atoms with Gasteiger partial charge in [-0.15, -0.1) is 0 Å². The van der Waals surface area contributed by atoms with Gasteiger partial charge in [-0.25, -0.2) is 4.79 Å². The van der Waals surface area contributed by atoms with E-state index < -0.39 is 24.0 Å². The van der Waals surface area contributed by atoms with Gasteiger partial charge in [-0.3, -0.25) is 9.59 Å². The average molecular weight is 274 g/mol. The van der Waals surface area contributed by atoms with Gasteiger partial charge >= 0.3 is 18.0 Å². The Morgan fingerprint density at radius 3 is 2.74 bits per heavy atom. The van der Waals surface area contributed by atoms with Gasteiger partial charge in [0.1, 0.15) is 6.54 Å². The minimum absolute atomic E-state index is 0.174. The highest BCUT2D eigenvalue weighted by Crippen LogP contribution is 2.13. The van der Waals surface area contributed by atoms with Crippen LogP contribution in [0.25, 0.3) is 0 Å². The Kier molecular flexibility index (Phi) is 5.56. The molecule has 108 valence electrons. The molecule has 1 heterocycles. The Morgan fingerprint density at radius 1 is 1.47 bits per heavy atom. The van der Waals surface area contributed by atoms with E-state index in [1.165, 1.54) is 24.0 Å². The highest BCUT2D eigenvalue weighted by molar-refractivity contribution is 5.81. The van der Waals surface area contributed by atoms with Crippen molar-refractivity contribution >= 4 is 18.0 Å². The molecule has 8 nitrogen and oxygen atoms in total. The predicted octanol–water partition coefficient (Wildman–Crippen LogP) is -0.613. The van der Waals surface area contributed by atoms with Crippen molar-refractivity contribution in [1.82, 2.24) is 9.80 Å². The van der Waals surface area contributed by atoms with Gasteiger partial charge in [-0.2, -0.15) is 0 Å². The summed E-state index contributed by atoms with van der Waals surface area (Å²) in [5.41, 5.74) is 0. The van der Waals surface area contributed by atoms with Crippen LogP contribution in [-0.4, -0.2) is 79.4 Å². The molecule has 1 fully saturated rings. The summed E-state index contributed by atoms with van der Waals surface area (Å²) in [6.45, 7) is 0.673. The molecule has 0 bridgehead atoms. The number of methoxy groups -OCH3 is 1. The molecule has 0 aromatic heterocycles. The van der Waals surface area contributed by atoms with E-state index in [1.807, 2.05) is 0 Å². The first-order chi connectivity index (χ1) is 8.95. The molecule has 1 aliphatic heterocycles. The fourth-order valence-corrected chi connectivity index (χ4v) is 1.82. The Labute approximate surface area is 110 Å². The van der Waals surface area contributed by atoms with E-state index >= 15 is 0 Å². The summed E-state index contributed by atoms with van der Waals surface area (Å²) >= 11 is 0. The first kappa shape index (κ1) is 15.2. The number of likely N-dealkylation sites (N-methyl/N-ethyl adjacent to an activating group) is 1. The minimum Gasteiger partial charge on any atom is -0.481 e. The van der Waals surface area contributed by atoms with Crippen molar-refractivity contribution < 1.29 is 29.0 Å². The van der Waals surface area contributed by atoms with Crippen LogP contribution < -0.4 is 0 Å². The summed E-state index contributed by atoms with van der Waals surface area (Å²) in [6, 6.07) is -0.918. The zero-order valence-corrected chi connectivity index (χ0v) is 11.0. The SMILES string of the molecule is COC(=O)CN(C)C(=O)N1CCOCC1CC(=O)O. The summed E-state index contributed by atoms with van der Waals surface area (Å²) < 4.78 is 9.66. The van der Waals surface area contributed by atoms with Crippen molar-refractivity contribution in [3.63, 3.8) is 0 Å². The Bertz CT molecular complexity index is 359. The number of carboxylic acids is 1. The maximum absolute atomic E-state index is 12.1. The number of urea groups is 1. The van der Waals surface area contributed by atoms with Crippen molar-refractivity contribution in [2.24, 2.45) is 0 Å². The van der Waals surface area contributed by atoms with Crippen LogP contribution in [-0.2, 0) is 19.1 Å². The van der Waals surface area contributed by atoms with Crippen molar-refractivity contribution in [3.05, 3.63) is 0 Å². The quantitative estimate of drug-likeness (QED) is 0.687. The van der Waals surface area contributed by atoms with Crippen molar-refractivity contribution in [3.8, 4) is 0 Å². The number of rotatable bonds is 4. The maximum Gasteiger partial charge on any atom is 0.325 e. The van der Waals surface area contributed by atoms with E-state index in [1.54, 1.807) is 0 Å². The Morgan fingerprint density at radius 2 is 2.16 bits per heavy atom. The lowest BCUT2D eigenvalue weighted by molar-refractivity contribution is -0.142. The fraction of sp³-hybridized carbons (Fsp3) is 0.727. The monoisotopic (exact) mass is 274 g/mol. The highest BCUT2D eigenvalue weighted by atomic mass is 16.5. The van der Waals surface area contributed by atoms with E-state index in [-0.39, 0.29) is 19.6 Å². The molecule has 1 N–H and O–H groups in total. The normalized spacial score (nSPS) is 18.8. The molecule has 0 radical (unpaired) electrons. The first-order valence-electron chi connectivity index (χ1n) is 5.83. The molecule has 2 amide bonds. The third kappa shape index (κ3) is 4.40. The second-order valence-electron chi connectivity index (χ2n) is 4.23. The van der Waals surface area contributed by atoms with E-state index in [2.05, 4.69) is 4.74 Å². The molecule has 0 aromatic rings. The number of amides is 2. The molecule has 1 atom stereocenters. The molecule has 0 aromatic carbocycles. The fourth-order valence-electron chi connectivity index (χ4n) is 1.82. The number of carbonyl (C=O) groups excluding carboxylic acids is 2. The molecule has 0 saturated carbocycles. The van der Waals surface area contributed by atoms with Crippen LogP contribution in [0.4, 0.5) is 4.79 Å². The summed E-state index contributed by atoms with van der Waals surface area (Å²) in [5.74, 6) is -1.53. The lowest BCUT2D eigenvalue weighted by Gasteiger charge is -2.36. The second-order valence-corrected chi connectivity index (χ2v) is 4.23. The number of aliphatic carboxylic acids is 1. The van der Waals surface area contributed by atoms with Crippen LogP contribution in [0.5, 0.6) is 0 Å². The molecule has 1 saturated heterocycles. The summed E-state index contributed by atoms with van der Waals surface area (Å²) in [7, 11) is 2.70. The second kappa shape index (κ2) is 6.93. The largest absolute Gasteiger partial charge is 0.481 e. The molecule has 19 heavy (non-hydrogen) atoms. The first-order valence-corrected chi connectivity index (χ1v) is 5.83. The molecular weight excluding hydrogens is 256 g/mol. The van der Waals surface area contributed by atoms with Crippen LogP contribution in [0.15, 0.2) is 0 Å². The van der Waals surface area contributed by atoms with Crippen LogP contribution in [0.3, 0.4) is 0 Å². The van der Waals surface area contributed by atoms with Gasteiger partial charge < -0.3 is 24.4 Å². The smallest absolute Gasteiger partial charge is 0.325 e. The van der Waals surface area contributed by atoms with Crippen molar-refractivity contribution in [2.75, 3.05) is 40.5 Å². The van der Waals surface area contributed by atoms with Crippen molar-refractivity contribution in [1.29, 1.82) is 0 Å². The number of esters is 1. The van der Waals surface area contributed by atoms with Crippen LogP contribution in [0.2, 0.25) is 0 Å². The Hall–Kier alpha value is -1.83. The van der Waals surface area contributed by atoms with Gasteiger partial charge in [0.15, 0.2) is 0 Å². The maximum atomic E-state index is 12.1. The zero-order chi connectivity index (χ0) is 14.4. The molecule has 1 aliphatic rings. The van der Waals surface area contributed by atoms with Crippen molar-refractivity contribution in [2.45, 2.75) is 12.5 Å². The number of carbonyl (C=O) groups is 3. The van der Waals surface area contributed by atoms with Crippen LogP contribution >= 0.6 is 0 Å². The highest BCUT2D eigenvalue weighted by Gasteiger charge is 2.31. The zero-order valence-electron chi connectivity index (χ0n) is 11.0. The van der Waals surface area contributed by atoms with Gasteiger partial charge in [0.2, 0.25) is 0 Å². The molecule has 8 heteroatoms. The van der Waals surface area contributed by atoms with Gasteiger partial charge in [-0.05, 0) is 0 Å². The lowest BCUT2D eigenvalue weighted by Crippen LogP contribution is -2.54. The number of ether oxygens (including phenoxy) is 2. The molecule has 0 aliphatic carbocycles. The third-order valence-corrected chi connectivity index (χ3v) is 2.80. The number of carboxylic acid groups (broad SMARTS) is 1. The molecular formula is C11H18N2O6. The summed E-state index contributed by atoms with van der Waals surface area (Å²) in [4.78, 5) is 36.6. The van der Waals surface area contributed by atoms with Gasteiger partial charge in [-0.1, -0.05) is 0 Å². The average Bonchev–Trinajstić information content (AvgIpc) is 2.37. The third-order valence-electron chi connectivity index (χ3n) is 2.80. The predicted molar refractivity (Wildman–Crippen MR) is 63.6 cm³/mol. The number of hydrogen-bond acceptors (Lipinski definition) is 5. The van der Waals surface area contributed by atoms with E-state index in [4.69, 9.17) is 9.84 Å². The summed E-state index contributed by atoms with van der Waals surface area (Å²) in [5, 5.41) is 8.81. The topological polar surface area (TPSA) is 96.4 Å². The van der Waals surface area contributed by atoms with E-state index in [9.17, 15) is 14.4 Å². The van der Waals surface area contributed by atoms with E-state index in [0.29, 0.717) is 13.2 Å². The number of hydrogen-bond donors (Lipinski definition) is 1.